The van der Waals surface area contributed by atoms with E-state index in [1.165, 1.54) is 17.4 Å². The number of aryl methyl sites for hydroxylation is 1. The van der Waals surface area contributed by atoms with Gasteiger partial charge in [-0.1, -0.05) is 29.9 Å². The molecule has 96 valence electrons. The fourth-order valence-corrected chi connectivity index (χ4v) is 2.84. The van der Waals surface area contributed by atoms with E-state index in [2.05, 4.69) is 22.4 Å². The zero-order valence-electron chi connectivity index (χ0n) is 10.7. The normalized spacial score (nSPS) is 12.7. The summed E-state index contributed by atoms with van der Waals surface area (Å²) in [4.78, 5) is 0. The molecule has 0 aliphatic heterocycles. The highest BCUT2D eigenvalue weighted by Crippen LogP contribution is 2.30. The molecule has 0 saturated carbocycles. The van der Waals surface area contributed by atoms with Crippen molar-refractivity contribution in [2.45, 2.75) is 26.3 Å². The molecular weight excluding hydrogens is 249 g/mol. The van der Waals surface area contributed by atoms with Gasteiger partial charge < -0.3 is 5.32 Å². The first-order valence-corrected chi connectivity index (χ1v) is 6.74. The van der Waals surface area contributed by atoms with Gasteiger partial charge in [0.1, 0.15) is 10.8 Å². The average molecular weight is 265 g/mol. The lowest BCUT2D eigenvalue weighted by molar-refractivity contribution is 0.568. The molecule has 1 N–H and O–H groups in total. The zero-order chi connectivity index (χ0) is 13.1. The van der Waals surface area contributed by atoms with E-state index < -0.39 is 0 Å². The molecule has 1 aromatic carbocycles. The second-order valence-electron chi connectivity index (χ2n) is 4.18. The molecular formula is C13H16FN3S. The number of benzene rings is 1. The van der Waals surface area contributed by atoms with E-state index >= 15 is 0 Å². The second-order valence-corrected chi connectivity index (χ2v) is 5.19. The number of rotatable bonds is 4. The predicted molar refractivity (Wildman–Crippen MR) is 72.1 cm³/mol. The molecule has 0 spiro atoms. The van der Waals surface area contributed by atoms with Gasteiger partial charge in [-0.15, -0.1) is 10.2 Å². The Morgan fingerprint density at radius 1 is 1.39 bits per heavy atom. The van der Waals surface area contributed by atoms with Gasteiger partial charge in [-0.05, 0) is 32.5 Å². The Morgan fingerprint density at radius 3 is 2.83 bits per heavy atom. The zero-order valence-corrected chi connectivity index (χ0v) is 11.5. The summed E-state index contributed by atoms with van der Waals surface area (Å²) in [7, 11) is 1.89. The van der Waals surface area contributed by atoms with Crippen molar-refractivity contribution in [2.75, 3.05) is 7.05 Å². The maximum atomic E-state index is 13.8. The van der Waals surface area contributed by atoms with Crippen LogP contribution < -0.4 is 5.32 Å². The Hall–Kier alpha value is -1.33. The third-order valence-corrected chi connectivity index (χ3v) is 3.92. The monoisotopic (exact) mass is 265 g/mol. The molecule has 0 saturated heterocycles. The summed E-state index contributed by atoms with van der Waals surface area (Å²) >= 11 is 1.44. The van der Waals surface area contributed by atoms with Crippen LogP contribution in [0.3, 0.4) is 0 Å². The molecule has 3 nitrogen and oxygen atoms in total. The van der Waals surface area contributed by atoms with Gasteiger partial charge in [-0.3, -0.25) is 0 Å². The van der Waals surface area contributed by atoms with Crippen LogP contribution in [0, 0.1) is 12.7 Å². The summed E-state index contributed by atoms with van der Waals surface area (Å²) in [5.74, 6) is -0.249. The van der Waals surface area contributed by atoms with Crippen LogP contribution in [0.1, 0.15) is 30.0 Å². The summed E-state index contributed by atoms with van der Waals surface area (Å²) in [6, 6.07) is 5.22. The lowest BCUT2D eigenvalue weighted by Gasteiger charge is -2.08. The average Bonchev–Trinajstić information content (AvgIpc) is 2.83. The van der Waals surface area contributed by atoms with Crippen LogP contribution in [-0.2, 0) is 0 Å². The maximum absolute atomic E-state index is 13.8. The molecule has 0 fully saturated rings. The molecule has 1 atom stereocenters. The van der Waals surface area contributed by atoms with Crippen LogP contribution in [0.2, 0.25) is 0 Å². The topological polar surface area (TPSA) is 37.8 Å². The van der Waals surface area contributed by atoms with Gasteiger partial charge in [0.2, 0.25) is 0 Å². The minimum Gasteiger partial charge on any atom is -0.311 e. The largest absolute Gasteiger partial charge is 0.311 e. The van der Waals surface area contributed by atoms with Gasteiger partial charge in [0.05, 0.1) is 6.04 Å². The van der Waals surface area contributed by atoms with Crippen molar-refractivity contribution in [3.05, 3.63) is 34.6 Å². The van der Waals surface area contributed by atoms with Gasteiger partial charge in [0.15, 0.2) is 5.01 Å². The van der Waals surface area contributed by atoms with Gasteiger partial charge in [0, 0.05) is 5.56 Å². The van der Waals surface area contributed by atoms with Crippen LogP contribution in [0.25, 0.3) is 10.6 Å². The lowest BCUT2D eigenvalue weighted by atomic mass is 10.1. The lowest BCUT2D eigenvalue weighted by Crippen LogP contribution is -2.14. The standard InChI is InChI=1S/C13H16FN3S/c1-4-11(15-3)13-17-16-12(18-13)9-7-8(2)5-6-10(9)14/h5-7,11,15H,4H2,1-3H3. The highest BCUT2D eigenvalue weighted by Gasteiger charge is 2.16. The molecule has 1 unspecified atom stereocenters. The van der Waals surface area contributed by atoms with Gasteiger partial charge in [-0.2, -0.15) is 0 Å². The molecule has 5 heteroatoms. The Balaban J connectivity index is 2.37. The summed E-state index contributed by atoms with van der Waals surface area (Å²) < 4.78 is 13.8. The highest BCUT2D eigenvalue weighted by molar-refractivity contribution is 7.14. The van der Waals surface area contributed by atoms with Crippen molar-refractivity contribution >= 4 is 11.3 Å². The molecule has 0 amide bonds. The van der Waals surface area contributed by atoms with Crippen molar-refractivity contribution < 1.29 is 4.39 Å². The molecule has 0 aliphatic rings. The highest BCUT2D eigenvalue weighted by atomic mass is 32.1. The van der Waals surface area contributed by atoms with Crippen LogP contribution in [0.4, 0.5) is 4.39 Å². The van der Waals surface area contributed by atoms with Crippen molar-refractivity contribution in [3.8, 4) is 10.6 Å². The quantitative estimate of drug-likeness (QED) is 0.921. The number of hydrogen-bond acceptors (Lipinski definition) is 4. The summed E-state index contributed by atoms with van der Waals surface area (Å²) in [6.45, 7) is 4.02. The first kappa shape index (κ1) is 13.1. The molecule has 18 heavy (non-hydrogen) atoms. The SMILES string of the molecule is CCC(NC)c1nnc(-c2cc(C)ccc2F)s1. The van der Waals surface area contributed by atoms with Crippen LogP contribution in [-0.4, -0.2) is 17.2 Å². The maximum Gasteiger partial charge on any atom is 0.150 e. The fraction of sp³-hybridized carbons (Fsp3) is 0.385. The second kappa shape index (κ2) is 5.54. The first-order chi connectivity index (χ1) is 8.65. The summed E-state index contributed by atoms with van der Waals surface area (Å²) in [5.41, 5.74) is 1.55. The van der Waals surface area contributed by atoms with Crippen molar-refractivity contribution in [1.29, 1.82) is 0 Å². The van der Waals surface area contributed by atoms with Gasteiger partial charge >= 0.3 is 0 Å². The fourth-order valence-electron chi connectivity index (χ4n) is 1.79. The van der Waals surface area contributed by atoms with Crippen molar-refractivity contribution in [3.63, 3.8) is 0 Å². The van der Waals surface area contributed by atoms with E-state index in [4.69, 9.17) is 0 Å². The Labute approximate surface area is 110 Å². The third kappa shape index (κ3) is 2.57. The van der Waals surface area contributed by atoms with E-state index in [1.807, 2.05) is 14.0 Å². The van der Waals surface area contributed by atoms with Crippen LogP contribution >= 0.6 is 11.3 Å². The van der Waals surface area contributed by atoms with E-state index in [9.17, 15) is 4.39 Å². The van der Waals surface area contributed by atoms with Crippen molar-refractivity contribution in [1.82, 2.24) is 15.5 Å². The van der Waals surface area contributed by atoms with Crippen LogP contribution in [0.15, 0.2) is 18.2 Å². The van der Waals surface area contributed by atoms with Crippen molar-refractivity contribution in [2.24, 2.45) is 0 Å². The molecule has 2 aromatic rings. The van der Waals surface area contributed by atoms with E-state index in [0.717, 1.165) is 17.0 Å². The third-order valence-electron chi connectivity index (χ3n) is 2.85. The molecule has 1 heterocycles. The smallest absolute Gasteiger partial charge is 0.150 e. The van der Waals surface area contributed by atoms with Gasteiger partial charge in [-0.25, -0.2) is 4.39 Å². The number of nitrogens with one attached hydrogen (secondary N) is 1. The molecule has 1 aromatic heterocycles. The Bertz CT molecular complexity index is 535. The molecule has 0 aliphatic carbocycles. The summed E-state index contributed by atoms with van der Waals surface area (Å²) in [6.07, 6.45) is 0.932. The molecule has 0 bridgehead atoms. The first-order valence-electron chi connectivity index (χ1n) is 5.93. The Morgan fingerprint density at radius 2 is 2.17 bits per heavy atom. The van der Waals surface area contributed by atoms with E-state index in [1.54, 1.807) is 12.1 Å². The molecule has 2 rings (SSSR count). The van der Waals surface area contributed by atoms with E-state index in [-0.39, 0.29) is 11.9 Å². The van der Waals surface area contributed by atoms with Gasteiger partial charge in [0.25, 0.3) is 0 Å². The number of aromatic nitrogens is 2. The minimum atomic E-state index is -0.249. The number of hydrogen-bond donors (Lipinski definition) is 1. The summed E-state index contributed by atoms with van der Waals surface area (Å²) in [5, 5.41) is 12.9. The van der Waals surface area contributed by atoms with Crippen LogP contribution in [0.5, 0.6) is 0 Å². The minimum absolute atomic E-state index is 0.184. The Kier molecular flexibility index (Phi) is 4.04. The predicted octanol–water partition coefficient (Wildman–Crippen LogP) is 3.32. The number of halogens is 1. The van der Waals surface area contributed by atoms with E-state index in [0.29, 0.717) is 10.6 Å². The molecule has 0 radical (unpaired) electrons. The number of nitrogens with zero attached hydrogens (tertiary/aromatic N) is 2.